The van der Waals surface area contributed by atoms with Crippen LogP contribution in [0.25, 0.3) is 0 Å². The van der Waals surface area contributed by atoms with Gasteiger partial charge in [-0.25, -0.2) is 9.59 Å². The molecule has 0 aliphatic carbocycles. The Bertz CT molecular complexity index is 1830. The van der Waals surface area contributed by atoms with Crippen LogP contribution in [0.5, 0.6) is 0 Å². The molecule has 24 heteroatoms. The first-order valence-corrected chi connectivity index (χ1v) is 18.2. The second-order valence-corrected chi connectivity index (χ2v) is 15.0. The second-order valence-electron chi connectivity index (χ2n) is 15.0. The Balaban J connectivity index is 2.09. The fourth-order valence-corrected chi connectivity index (χ4v) is 4.96. The number of hydrogen-bond acceptors (Lipinski definition) is 13. The van der Waals surface area contributed by atoms with Gasteiger partial charge in [-0.05, 0) is 47.1 Å². The lowest BCUT2D eigenvalue weighted by Crippen LogP contribution is -2.57. The monoisotopic (exact) mass is 871 g/mol. The highest BCUT2D eigenvalue weighted by Crippen LogP contribution is 2.23. The molecule has 0 radical (unpaired) electrons. The van der Waals surface area contributed by atoms with Crippen molar-refractivity contribution in [2.24, 2.45) is 0 Å². The molecule has 1 aliphatic rings. The summed E-state index contributed by atoms with van der Waals surface area (Å²) in [6.07, 6.45) is -7.98. The van der Waals surface area contributed by atoms with Crippen LogP contribution < -0.4 is 26.6 Å². The van der Waals surface area contributed by atoms with E-state index in [1.807, 2.05) is 5.32 Å². The predicted octanol–water partition coefficient (Wildman–Crippen LogP) is -0.959. The molecule has 1 aromatic carbocycles. The lowest BCUT2D eigenvalue weighted by molar-refractivity contribution is -0.228. The van der Waals surface area contributed by atoms with Gasteiger partial charge in [0.05, 0.1) is 26.2 Å². The minimum Gasteiger partial charge on any atom is -0.479 e. The number of nitrogens with zero attached hydrogens (tertiary/aromatic N) is 2. The third kappa shape index (κ3) is 18.5. The van der Waals surface area contributed by atoms with Crippen LogP contribution in [0.2, 0.25) is 0 Å². The van der Waals surface area contributed by atoms with Gasteiger partial charge >= 0.3 is 24.2 Å². The summed E-state index contributed by atoms with van der Waals surface area (Å²) in [5, 5.41) is 19.5. The summed E-state index contributed by atoms with van der Waals surface area (Å²) in [5.41, 5.74) is -1.52. The standard InChI is InChI=1S/C37H48F3N7O14/c1-35(2,3)60-29(53)19-46(34(58)61-36(4,5)6)18-23(47-27(51)12-13-28(47)52)32(55)43-15-24(48)41-17-26(50)45-22(14-21-10-8-7-9-11-21)31(54)42-16-25(49)44-20-59-30(33(56)57)37(38,39)40/h7-13,22-23,30H,14-20H2,1-6H3,(H,41,48)(H,42,54)(H,43,55)(H,44,49)(H,45,50)(H,56,57)/t22-,23+,30?/m0/s1. The number of carbonyl (C=O) groups excluding carboxylic acids is 9. The first-order chi connectivity index (χ1) is 28.2. The molecule has 2 rings (SSSR count). The third-order valence-corrected chi connectivity index (χ3v) is 7.51. The fourth-order valence-electron chi connectivity index (χ4n) is 4.96. The number of nitrogens with one attached hydrogen (secondary N) is 5. The van der Waals surface area contributed by atoms with Crippen LogP contribution in [-0.2, 0) is 63.8 Å². The van der Waals surface area contributed by atoms with E-state index in [1.54, 1.807) is 51.1 Å². The highest BCUT2D eigenvalue weighted by molar-refractivity contribution is 6.15. The molecule has 21 nitrogen and oxygen atoms in total. The number of halogens is 3. The Morgan fingerprint density at radius 1 is 0.738 bits per heavy atom. The molecule has 0 aromatic heterocycles. The van der Waals surface area contributed by atoms with E-state index in [4.69, 9.17) is 14.6 Å². The molecule has 0 fully saturated rings. The van der Waals surface area contributed by atoms with Crippen molar-refractivity contribution in [3.8, 4) is 0 Å². The largest absolute Gasteiger partial charge is 0.479 e. The summed E-state index contributed by atoms with van der Waals surface area (Å²) in [5.74, 6) is -10.2. The molecule has 336 valence electrons. The first-order valence-electron chi connectivity index (χ1n) is 18.2. The van der Waals surface area contributed by atoms with Gasteiger partial charge in [0, 0.05) is 18.6 Å². The van der Waals surface area contributed by atoms with E-state index >= 15 is 0 Å². The molecular weight excluding hydrogens is 823 g/mol. The normalized spacial score (nSPS) is 14.2. The van der Waals surface area contributed by atoms with Crippen LogP contribution in [0.15, 0.2) is 42.5 Å². The molecule has 0 spiro atoms. The highest BCUT2D eigenvalue weighted by Gasteiger charge is 2.46. The van der Waals surface area contributed by atoms with Gasteiger partial charge in [-0.2, -0.15) is 13.2 Å². The SMILES string of the molecule is CC(C)(C)OC(=O)CN(C[C@H](C(=O)NCC(=O)NCC(=O)N[C@@H](Cc1ccccc1)C(=O)NCC(=O)NCOC(C(=O)O)C(F)(F)F)N1C(=O)C=CC1=O)C(=O)OC(C)(C)C. The van der Waals surface area contributed by atoms with Crippen molar-refractivity contribution in [1.82, 2.24) is 36.4 Å². The average molecular weight is 872 g/mol. The zero-order valence-electron chi connectivity index (χ0n) is 34.0. The number of esters is 1. The fraction of sp³-hybridized carbons (Fsp3) is 0.514. The zero-order valence-corrected chi connectivity index (χ0v) is 34.0. The van der Waals surface area contributed by atoms with Gasteiger partial charge in [0.25, 0.3) is 17.9 Å². The first kappa shape index (κ1) is 50.6. The Kier molecular flexibility index (Phi) is 18.3. The van der Waals surface area contributed by atoms with Crippen molar-refractivity contribution in [2.75, 3.05) is 39.5 Å². The topological polar surface area (TPSA) is 285 Å². The van der Waals surface area contributed by atoms with E-state index in [-0.39, 0.29) is 6.42 Å². The Labute approximate surface area is 347 Å². The number of hydrogen-bond donors (Lipinski definition) is 6. The Morgan fingerprint density at radius 3 is 1.79 bits per heavy atom. The van der Waals surface area contributed by atoms with Crippen LogP contribution in [0.4, 0.5) is 18.0 Å². The molecule has 1 unspecified atom stereocenters. The van der Waals surface area contributed by atoms with Crippen LogP contribution in [0.1, 0.15) is 47.1 Å². The van der Waals surface area contributed by atoms with Crippen LogP contribution in [0.3, 0.4) is 0 Å². The number of benzene rings is 1. The van der Waals surface area contributed by atoms with Crippen molar-refractivity contribution in [1.29, 1.82) is 0 Å². The quantitative estimate of drug-likeness (QED) is 0.0523. The second kappa shape index (κ2) is 22.1. The Hall–Kier alpha value is -6.59. The molecule has 8 amide bonds. The van der Waals surface area contributed by atoms with E-state index in [0.717, 1.165) is 17.1 Å². The Morgan fingerprint density at radius 2 is 1.26 bits per heavy atom. The smallest absolute Gasteiger partial charge is 0.425 e. The molecular formula is C37H48F3N7O14. The number of carboxylic acids is 1. The van der Waals surface area contributed by atoms with Gasteiger partial charge in [-0.3, -0.25) is 48.2 Å². The molecule has 1 aromatic rings. The van der Waals surface area contributed by atoms with Crippen LogP contribution in [0, 0.1) is 0 Å². The highest BCUT2D eigenvalue weighted by atomic mass is 19.4. The van der Waals surface area contributed by atoms with E-state index in [1.165, 1.54) is 20.8 Å². The molecule has 0 saturated heterocycles. The van der Waals surface area contributed by atoms with E-state index in [9.17, 15) is 61.1 Å². The van der Waals surface area contributed by atoms with Gasteiger partial charge < -0.3 is 45.9 Å². The molecule has 1 heterocycles. The zero-order chi connectivity index (χ0) is 46.3. The maximum atomic E-state index is 13.5. The molecule has 0 saturated carbocycles. The lowest BCUT2D eigenvalue weighted by Gasteiger charge is -2.32. The average Bonchev–Trinajstić information content (AvgIpc) is 3.46. The summed E-state index contributed by atoms with van der Waals surface area (Å²) in [6.45, 7) is 4.18. The molecule has 1 aliphatic heterocycles. The summed E-state index contributed by atoms with van der Waals surface area (Å²) in [6, 6.07) is 4.98. The van der Waals surface area contributed by atoms with E-state index < -0.39 is 134 Å². The van der Waals surface area contributed by atoms with Crippen molar-refractivity contribution in [2.45, 2.75) is 83.5 Å². The van der Waals surface area contributed by atoms with Crippen molar-refractivity contribution < 1.29 is 80.4 Å². The lowest BCUT2D eigenvalue weighted by atomic mass is 10.1. The number of ether oxygens (including phenoxy) is 3. The van der Waals surface area contributed by atoms with Gasteiger partial charge in [0.2, 0.25) is 29.5 Å². The summed E-state index contributed by atoms with van der Waals surface area (Å²) < 4.78 is 53.1. The number of carbonyl (C=O) groups is 10. The number of rotatable bonds is 20. The third-order valence-electron chi connectivity index (χ3n) is 7.51. The maximum absolute atomic E-state index is 13.5. The summed E-state index contributed by atoms with van der Waals surface area (Å²) in [4.78, 5) is 128. The molecule has 0 bridgehead atoms. The number of alkyl halides is 3. The van der Waals surface area contributed by atoms with E-state index in [2.05, 4.69) is 26.0 Å². The van der Waals surface area contributed by atoms with Crippen LogP contribution in [-0.4, -0.2) is 149 Å². The van der Waals surface area contributed by atoms with Crippen molar-refractivity contribution in [3.63, 3.8) is 0 Å². The molecule has 6 N–H and O–H groups in total. The van der Waals surface area contributed by atoms with Gasteiger partial charge in [0.1, 0.15) is 36.6 Å². The number of aliphatic carboxylic acids is 1. The summed E-state index contributed by atoms with van der Waals surface area (Å²) in [7, 11) is 0. The predicted molar refractivity (Wildman–Crippen MR) is 201 cm³/mol. The van der Waals surface area contributed by atoms with Crippen molar-refractivity contribution >= 4 is 59.4 Å². The minimum absolute atomic E-state index is 0.141. The van der Waals surface area contributed by atoms with Gasteiger partial charge in [-0.15, -0.1) is 0 Å². The van der Waals surface area contributed by atoms with Crippen molar-refractivity contribution in [3.05, 3.63) is 48.0 Å². The maximum Gasteiger partial charge on any atom is 0.425 e. The molecule has 3 atom stereocenters. The van der Waals surface area contributed by atoms with Gasteiger partial charge in [-0.1, -0.05) is 30.3 Å². The number of amides is 8. The number of imide groups is 1. The van der Waals surface area contributed by atoms with Crippen LogP contribution >= 0.6 is 0 Å². The molecule has 61 heavy (non-hydrogen) atoms. The summed E-state index contributed by atoms with van der Waals surface area (Å²) >= 11 is 0. The number of carboxylic acid groups (broad SMARTS) is 1. The minimum atomic E-state index is -5.27. The van der Waals surface area contributed by atoms with Gasteiger partial charge in [0.15, 0.2) is 0 Å². The van der Waals surface area contributed by atoms with E-state index in [0.29, 0.717) is 10.5 Å².